The van der Waals surface area contributed by atoms with E-state index in [2.05, 4.69) is 10.3 Å². The minimum Gasteiger partial charge on any atom is -0.497 e. The maximum atomic E-state index is 12.4. The molecule has 2 heterocycles. The number of aromatic amines is 1. The highest BCUT2D eigenvalue weighted by Crippen LogP contribution is 2.32. The Morgan fingerprint density at radius 1 is 1.42 bits per heavy atom. The van der Waals surface area contributed by atoms with Crippen molar-refractivity contribution < 1.29 is 19.4 Å². The van der Waals surface area contributed by atoms with Crippen LogP contribution in [0.1, 0.15) is 12.0 Å². The van der Waals surface area contributed by atoms with Crippen LogP contribution >= 0.6 is 0 Å². The Bertz CT molecular complexity index is 866. The molecule has 0 aliphatic carbocycles. The van der Waals surface area contributed by atoms with Crippen molar-refractivity contribution >= 4 is 17.0 Å². The first-order chi connectivity index (χ1) is 12.4. The van der Waals surface area contributed by atoms with Crippen LogP contribution in [-0.2, 0) is 11.2 Å². The zero-order valence-electron chi connectivity index (χ0n) is 14.6. The molecular weight excluding hydrogens is 338 g/mol. The summed E-state index contributed by atoms with van der Waals surface area (Å²) in [5.41, 5.74) is 5.54. The van der Waals surface area contributed by atoms with Gasteiger partial charge in [0.1, 0.15) is 12.4 Å². The monoisotopic (exact) mass is 361 g/mol. The summed E-state index contributed by atoms with van der Waals surface area (Å²) in [5.74, 6) is 0.670. The number of carbonyl (C=O) groups is 1. The third-order valence-electron chi connectivity index (χ3n) is 5.05. The van der Waals surface area contributed by atoms with Gasteiger partial charge in [0.25, 0.3) is 5.56 Å². The van der Waals surface area contributed by atoms with Gasteiger partial charge in [-0.15, -0.1) is 0 Å². The molecule has 1 aliphatic heterocycles. The second-order valence-corrected chi connectivity index (χ2v) is 6.69. The van der Waals surface area contributed by atoms with E-state index in [1.165, 1.54) is 0 Å². The fraction of sp³-hybridized carbons (Fsp3) is 0.444. The molecule has 8 heteroatoms. The van der Waals surface area contributed by atoms with Gasteiger partial charge in [0.15, 0.2) is 0 Å². The fourth-order valence-electron chi connectivity index (χ4n) is 3.40. The summed E-state index contributed by atoms with van der Waals surface area (Å²) in [6.07, 6.45) is -0.621. The van der Waals surface area contributed by atoms with Crippen LogP contribution in [0.4, 0.5) is 4.79 Å². The number of carbonyl (C=O) groups excluding carboxylic acids is 1. The lowest BCUT2D eigenvalue weighted by molar-refractivity contribution is 0.00761. The lowest BCUT2D eigenvalue weighted by Crippen LogP contribution is -2.41. The SMILES string of the molecule is COc1ccc2cc(CC[C@@]3(COC(N)=O)CNC[C@H]3O)c(=O)[nH]c2c1. The Morgan fingerprint density at radius 2 is 2.23 bits per heavy atom. The van der Waals surface area contributed by atoms with Crippen molar-refractivity contribution in [2.24, 2.45) is 11.1 Å². The molecular formula is C18H23N3O5. The van der Waals surface area contributed by atoms with E-state index in [0.29, 0.717) is 42.8 Å². The number of primary amides is 1. The first-order valence-electron chi connectivity index (χ1n) is 8.44. The zero-order chi connectivity index (χ0) is 18.7. The molecule has 1 aliphatic rings. The van der Waals surface area contributed by atoms with Gasteiger partial charge in [-0.05, 0) is 36.4 Å². The van der Waals surface area contributed by atoms with E-state index < -0.39 is 17.6 Å². The maximum Gasteiger partial charge on any atom is 0.404 e. The smallest absolute Gasteiger partial charge is 0.404 e. The van der Waals surface area contributed by atoms with E-state index in [0.717, 1.165) is 5.39 Å². The number of H-pyrrole nitrogens is 1. The predicted molar refractivity (Wildman–Crippen MR) is 96.3 cm³/mol. The van der Waals surface area contributed by atoms with Crippen LogP contribution in [0, 0.1) is 5.41 Å². The summed E-state index contributed by atoms with van der Waals surface area (Å²) >= 11 is 0. The van der Waals surface area contributed by atoms with Crippen LogP contribution in [0.15, 0.2) is 29.1 Å². The molecule has 0 saturated carbocycles. The molecule has 0 unspecified atom stereocenters. The molecule has 0 spiro atoms. The second kappa shape index (κ2) is 7.35. The summed E-state index contributed by atoms with van der Waals surface area (Å²) in [5, 5.41) is 14.3. The predicted octanol–water partition coefficient (Wildman–Crippen LogP) is 0.515. The number of β-amino-alcohol motifs (C(OH)–C–C–N with tert-alkyl or cyclic N) is 1. The number of nitrogens with two attached hydrogens (primary N) is 1. The number of nitrogens with one attached hydrogen (secondary N) is 2. The van der Waals surface area contributed by atoms with Crippen LogP contribution in [0.5, 0.6) is 5.75 Å². The zero-order valence-corrected chi connectivity index (χ0v) is 14.6. The minimum absolute atomic E-state index is 0.0131. The minimum atomic E-state index is -0.874. The summed E-state index contributed by atoms with van der Waals surface area (Å²) in [4.78, 5) is 26.2. The van der Waals surface area contributed by atoms with Crippen LogP contribution < -0.4 is 21.3 Å². The average Bonchev–Trinajstić information content (AvgIpc) is 2.98. The molecule has 26 heavy (non-hydrogen) atoms. The summed E-state index contributed by atoms with van der Waals surface area (Å²) in [6, 6.07) is 7.32. The normalized spacial score (nSPS) is 22.5. The average molecular weight is 361 g/mol. The van der Waals surface area contributed by atoms with Gasteiger partial charge in [-0.3, -0.25) is 4.79 Å². The molecule has 1 aromatic carbocycles. The number of aryl methyl sites for hydroxylation is 1. The van der Waals surface area contributed by atoms with Gasteiger partial charge >= 0.3 is 6.09 Å². The van der Waals surface area contributed by atoms with Crippen LogP contribution in [0.25, 0.3) is 10.9 Å². The van der Waals surface area contributed by atoms with Gasteiger partial charge < -0.3 is 30.6 Å². The van der Waals surface area contributed by atoms with Crippen molar-refractivity contribution in [2.75, 3.05) is 26.8 Å². The number of aliphatic hydroxyl groups is 1. The molecule has 2 aromatic rings. The van der Waals surface area contributed by atoms with Crippen molar-refractivity contribution in [2.45, 2.75) is 18.9 Å². The first kappa shape index (κ1) is 18.2. The lowest BCUT2D eigenvalue weighted by atomic mass is 9.80. The third-order valence-corrected chi connectivity index (χ3v) is 5.05. The van der Waals surface area contributed by atoms with Crippen molar-refractivity contribution in [3.05, 3.63) is 40.2 Å². The maximum absolute atomic E-state index is 12.4. The number of aliphatic hydroxyl groups excluding tert-OH is 1. The summed E-state index contributed by atoms with van der Waals surface area (Å²) in [6.45, 7) is 0.916. The molecule has 5 N–H and O–H groups in total. The second-order valence-electron chi connectivity index (χ2n) is 6.69. The number of benzene rings is 1. The van der Waals surface area contributed by atoms with Crippen molar-refractivity contribution in [3.8, 4) is 5.75 Å². The van der Waals surface area contributed by atoms with Gasteiger partial charge in [0, 0.05) is 30.1 Å². The van der Waals surface area contributed by atoms with Crippen LogP contribution in [0.3, 0.4) is 0 Å². The molecule has 140 valence electrons. The number of hydrogen-bond donors (Lipinski definition) is 4. The molecule has 3 rings (SSSR count). The quantitative estimate of drug-likeness (QED) is 0.594. The number of methoxy groups -OCH3 is 1. The molecule has 1 saturated heterocycles. The number of fused-ring (bicyclic) bond motifs is 1. The van der Waals surface area contributed by atoms with E-state index in [-0.39, 0.29) is 12.2 Å². The molecule has 1 amide bonds. The van der Waals surface area contributed by atoms with Gasteiger partial charge in [-0.25, -0.2) is 4.79 Å². The highest BCUT2D eigenvalue weighted by atomic mass is 16.5. The molecule has 2 atom stereocenters. The highest BCUT2D eigenvalue weighted by molar-refractivity contribution is 5.80. The number of rotatable bonds is 6. The van der Waals surface area contributed by atoms with Gasteiger partial charge in [-0.1, -0.05) is 0 Å². The Labute approximate surface area is 150 Å². The van der Waals surface area contributed by atoms with Crippen molar-refractivity contribution in [1.82, 2.24) is 10.3 Å². The van der Waals surface area contributed by atoms with Crippen LogP contribution in [-0.4, -0.2) is 49.1 Å². The van der Waals surface area contributed by atoms with E-state index in [1.54, 1.807) is 13.2 Å². The molecule has 1 aromatic heterocycles. The largest absolute Gasteiger partial charge is 0.497 e. The number of hydrogen-bond acceptors (Lipinski definition) is 6. The lowest BCUT2D eigenvalue weighted by Gasteiger charge is -2.30. The fourth-order valence-corrected chi connectivity index (χ4v) is 3.40. The van der Waals surface area contributed by atoms with Crippen molar-refractivity contribution in [3.63, 3.8) is 0 Å². The summed E-state index contributed by atoms with van der Waals surface area (Å²) < 4.78 is 10.1. The molecule has 0 bridgehead atoms. The van der Waals surface area contributed by atoms with E-state index in [9.17, 15) is 14.7 Å². The van der Waals surface area contributed by atoms with Gasteiger partial charge in [-0.2, -0.15) is 0 Å². The molecule has 8 nitrogen and oxygen atoms in total. The highest BCUT2D eigenvalue weighted by Gasteiger charge is 2.43. The Balaban J connectivity index is 1.82. The number of pyridine rings is 1. The van der Waals surface area contributed by atoms with E-state index in [1.807, 2.05) is 18.2 Å². The number of amides is 1. The summed E-state index contributed by atoms with van der Waals surface area (Å²) in [7, 11) is 1.57. The Morgan fingerprint density at radius 3 is 2.88 bits per heavy atom. The van der Waals surface area contributed by atoms with Crippen LogP contribution in [0.2, 0.25) is 0 Å². The Hall–Kier alpha value is -2.58. The van der Waals surface area contributed by atoms with Gasteiger partial charge in [0.05, 0.1) is 18.7 Å². The Kier molecular flexibility index (Phi) is 5.15. The van der Waals surface area contributed by atoms with E-state index >= 15 is 0 Å². The first-order valence-corrected chi connectivity index (χ1v) is 8.44. The van der Waals surface area contributed by atoms with Gasteiger partial charge in [0.2, 0.25) is 0 Å². The third kappa shape index (κ3) is 3.66. The standard InChI is InChI=1S/C18H23N3O5/c1-25-13-3-2-11-6-12(16(23)21-14(11)7-13)4-5-18(10-26-17(19)24)9-20-8-15(18)22/h2-3,6-7,15,20,22H,4-5,8-10H2,1H3,(H2,19,24)(H,21,23)/t15-,18+/m1/s1. The number of aromatic nitrogens is 1. The molecule has 1 fully saturated rings. The number of ether oxygens (including phenoxy) is 2. The van der Waals surface area contributed by atoms with Crippen molar-refractivity contribution in [1.29, 1.82) is 0 Å². The topological polar surface area (TPSA) is 127 Å². The molecule has 0 radical (unpaired) electrons. The van der Waals surface area contributed by atoms with E-state index in [4.69, 9.17) is 15.2 Å².